The van der Waals surface area contributed by atoms with Gasteiger partial charge in [0.1, 0.15) is 0 Å². The molecule has 0 unspecified atom stereocenters. The average Bonchev–Trinajstić information content (AvgIpc) is 3.48. The van der Waals surface area contributed by atoms with Crippen LogP contribution >= 0.6 is 0 Å². The summed E-state index contributed by atoms with van der Waals surface area (Å²) in [5, 5.41) is 9.89. The fourth-order valence-electron chi connectivity index (χ4n) is 5.11. The van der Waals surface area contributed by atoms with E-state index < -0.39 is 0 Å². The van der Waals surface area contributed by atoms with Crippen molar-refractivity contribution < 1.29 is 9.59 Å². The first-order valence-corrected chi connectivity index (χ1v) is 18.2. The van der Waals surface area contributed by atoms with Gasteiger partial charge in [0.15, 0.2) is 0 Å². The molecule has 0 radical (unpaired) electrons. The molecule has 1 aliphatic rings. The quantitative estimate of drug-likeness (QED) is 0.0903. The van der Waals surface area contributed by atoms with Crippen molar-refractivity contribution >= 4 is 40.9 Å². The van der Waals surface area contributed by atoms with E-state index >= 15 is 0 Å². The molecular weight excluding hydrogens is 584 g/mol. The summed E-state index contributed by atoms with van der Waals surface area (Å²) in [4.78, 5) is 33.6. The SMILES string of the molecule is CC.CCCCCNCC.CCNc1cc(C(=O)N(CCC(C)C)CCC(C)C)ccc1N=CNc1ccc2c(c1)CCN2C(C)=O. The van der Waals surface area contributed by atoms with E-state index in [1.165, 1.54) is 25.8 Å². The van der Waals surface area contributed by atoms with Crippen LogP contribution in [0, 0.1) is 11.8 Å². The van der Waals surface area contributed by atoms with Gasteiger partial charge in [0, 0.05) is 50.0 Å². The lowest BCUT2D eigenvalue weighted by molar-refractivity contribution is -0.116. The van der Waals surface area contributed by atoms with Gasteiger partial charge in [0.2, 0.25) is 5.91 Å². The second kappa shape index (κ2) is 23.9. The maximum Gasteiger partial charge on any atom is 0.253 e. The van der Waals surface area contributed by atoms with Crippen molar-refractivity contribution in [2.24, 2.45) is 16.8 Å². The standard InChI is InChI=1S/C30H43N5O2.C7H17N.C2H6/c1-7-31-28-19-25(30(37)34(15-12-21(2)3)16-13-22(4)5)8-10-27(28)33-20-32-26-9-11-29-24(18-26)14-17-35(29)23(6)36;1-3-5-6-7-8-4-2;1-2/h8-11,18-22,31H,7,12-17H2,1-6H3,(H,32,33);8H,3-7H2,1-2H3;1-2H3. The number of carbonyl (C=O) groups excluding carboxylic acids is 2. The first kappa shape index (κ1) is 41.6. The number of anilines is 3. The highest BCUT2D eigenvalue weighted by molar-refractivity contribution is 5.97. The summed E-state index contributed by atoms with van der Waals surface area (Å²) in [6, 6.07) is 11.7. The molecular formula is C39H66N6O2. The third kappa shape index (κ3) is 15.4. The van der Waals surface area contributed by atoms with Crippen molar-refractivity contribution in [3.05, 3.63) is 47.5 Å². The van der Waals surface area contributed by atoms with Crippen molar-refractivity contribution in [3.63, 3.8) is 0 Å². The van der Waals surface area contributed by atoms with E-state index in [0.29, 0.717) is 17.4 Å². The summed E-state index contributed by atoms with van der Waals surface area (Å²) in [5.41, 5.74) is 5.36. The Labute approximate surface area is 287 Å². The minimum absolute atomic E-state index is 0.0712. The normalized spacial score (nSPS) is 12.0. The van der Waals surface area contributed by atoms with Crippen molar-refractivity contribution in [1.29, 1.82) is 0 Å². The summed E-state index contributed by atoms with van der Waals surface area (Å²) < 4.78 is 0. The molecule has 3 N–H and O–H groups in total. The van der Waals surface area contributed by atoms with E-state index in [1.54, 1.807) is 13.3 Å². The third-order valence-electron chi connectivity index (χ3n) is 7.85. The highest BCUT2D eigenvalue weighted by atomic mass is 16.2. The molecule has 8 nitrogen and oxygen atoms in total. The lowest BCUT2D eigenvalue weighted by atomic mass is 10.1. The van der Waals surface area contributed by atoms with Gasteiger partial charge in [-0.25, -0.2) is 4.99 Å². The molecule has 47 heavy (non-hydrogen) atoms. The number of aliphatic imine (C=N–C) groups is 1. The molecule has 2 aromatic rings. The lowest BCUT2D eigenvalue weighted by Gasteiger charge is -2.25. The van der Waals surface area contributed by atoms with E-state index in [-0.39, 0.29) is 11.8 Å². The van der Waals surface area contributed by atoms with Crippen LogP contribution in [0.4, 0.5) is 22.7 Å². The van der Waals surface area contributed by atoms with Crippen molar-refractivity contribution in [3.8, 4) is 0 Å². The second-order valence-electron chi connectivity index (χ2n) is 12.6. The number of nitrogens with zero attached hydrogens (tertiary/aromatic N) is 3. The van der Waals surface area contributed by atoms with Gasteiger partial charge in [-0.3, -0.25) is 9.59 Å². The number of hydrogen-bond donors (Lipinski definition) is 3. The molecule has 0 fully saturated rings. The number of unbranched alkanes of at least 4 members (excludes halogenated alkanes) is 2. The zero-order chi connectivity index (χ0) is 35.2. The fraction of sp³-hybridized carbons (Fsp3) is 0.615. The number of fused-ring (bicyclic) bond motifs is 1. The first-order chi connectivity index (χ1) is 22.6. The summed E-state index contributed by atoms with van der Waals surface area (Å²) >= 11 is 0. The van der Waals surface area contributed by atoms with E-state index in [9.17, 15) is 9.59 Å². The van der Waals surface area contributed by atoms with Crippen LogP contribution in [0.1, 0.15) is 117 Å². The van der Waals surface area contributed by atoms with Gasteiger partial charge in [-0.1, -0.05) is 68.2 Å². The van der Waals surface area contributed by atoms with Crippen molar-refractivity contribution in [2.45, 2.75) is 108 Å². The largest absolute Gasteiger partial charge is 0.384 e. The van der Waals surface area contributed by atoms with Gasteiger partial charge in [0.05, 0.1) is 17.7 Å². The summed E-state index contributed by atoms with van der Waals surface area (Å²) in [7, 11) is 0. The molecule has 0 atom stereocenters. The number of benzene rings is 2. The first-order valence-electron chi connectivity index (χ1n) is 18.2. The molecule has 1 aliphatic heterocycles. The monoisotopic (exact) mass is 651 g/mol. The molecule has 0 aromatic heterocycles. The fourth-order valence-corrected chi connectivity index (χ4v) is 5.11. The molecule has 0 bridgehead atoms. The summed E-state index contributed by atoms with van der Waals surface area (Å²) in [5.74, 6) is 1.25. The van der Waals surface area contributed by atoms with Crippen LogP contribution in [0.5, 0.6) is 0 Å². The van der Waals surface area contributed by atoms with Crippen LogP contribution in [0.15, 0.2) is 41.4 Å². The molecule has 2 amide bonds. The minimum Gasteiger partial charge on any atom is -0.384 e. The Morgan fingerprint density at radius 3 is 2.19 bits per heavy atom. The van der Waals surface area contributed by atoms with Crippen LogP contribution in [0.2, 0.25) is 0 Å². The van der Waals surface area contributed by atoms with Gasteiger partial charge in [-0.2, -0.15) is 0 Å². The maximum absolute atomic E-state index is 13.4. The third-order valence-corrected chi connectivity index (χ3v) is 7.85. The van der Waals surface area contributed by atoms with E-state index in [0.717, 1.165) is 80.3 Å². The van der Waals surface area contributed by atoms with Crippen molar-refractivity contribution in [2.75, 3.05) is 54.8 Å². The van der Waals surface area contributed by atoms with Gasteiger partial charge < -0.3 is 25.8 Å². The van der Waals surface area contributed by atoms with Gasteiger partial charge in [0.25, 0.3) is 5.91 Å². The predicted molar refractivity (Wildman–Crippen MR) is 205 cm³/mol. The van der Waals surface area contributed by atoms with Crippen LogP contribution in [-0.4, -0.2) is 62.3 Å². The minimum atomic E-state index is 0.0712. The zero-order valence-electron chi connectivity index (χ0n) is 31.3. The number of rotatable bonds is 17. The molecule has 1 heterocycles. The van der Waals surface area contributed by atoms with E-state index in [1.807, 2.05) is 60.9 Å². The summed E-state index contributed by atoms with van der Waals surface area (Å²) in [6.07, 6.45) is 8.55. The zero-order valence-corrected chi connectivity index (χ0v) is 31.3. The molecule has 0 spiro atoms. The molecule has 2 aromatic carbocycles. The lowest BCUT2D eigenvalue weighted by Crippen LogP contribution is -2.34. The highest BCUT2D eigenvalue weighted by Crippen LogP contribution is 2.31. The van der Waals surface area contributed by atoms with Crippen LogP contribution in [0.3, 0.4) is 0 Å². The number of amides is 2. The molecule has 0 saturated carbocycles. The highest BCUT2D eigenvalue weighted by Gasteiger charge is 2.22. The number of hydrogen-bond acceptors (Lipinski definition) is 5. The number of nitrogens with one attached hydrogen (secondary N) is 3. The Bertz CT molecular complexity index is 1190. The van der Waals surface area contributed by atoms with Gasteiger partial charge in [-0.15, -0.1) is 0 Å². The molecule has 8 heteroatoms. The second-order valence-corrected chi connectivity index (χ2v) is 12.6. The van der Waals surface area contributed by atoms with Crippen molar-refractivity contribution in [1.82, 2.24) is 10.2 Å². The topological polar surface area (TPSA) is 89.1 Å². The van der Waals surface area contributed by atoms with Gasteiger partial charge >= 0.3 is 0 Å². The maximum atomic E-state index is 13.4. The Balaban J connectivity index is 0.000000964. The molecule has 264 valence electrons. The van der Waals surface area contributed by atoms with Crippen LogP contribution in [0.25, 0.3) is 0 Å². The van der Waals surface area contributed by atoms with E-state index in [2.05, 4.69) is 68.6 Å². The van der Waals surface area contributed by atoms with Gasteiger partial charge in [-0.05, 0) is 99.5 Å². The summed E-state index contributed by atoms with van der Waals surface area (Å²) in [6.45, 7) is 26.1. The smallest absolute Gasteiger partial charge is 0.253 e. The molecule has 3 rings (SSSR count). The Hall–Kier alpha value is -3.39. The average molecular weight is 651 g/mol. The molecule has 0 aliphatic carbocycles. The van der Waals surface area contributed by atoms with Crippen LogP contribution < -0.4 is 20.9 Å². The van der Waals surface area contributed by atoms with Crippen LogP contribution in [-0.2, 0) is 11.2 Å². The number of carbonyl (C=O) groups is 2. The van der Waals surface area contributed by atoms with E-state index in [4.69, 9.17) is 0 Å². The Morgan fingerprint density at radius 1 is 0.936 bits per heavy atom. The predicted octanol–water partition coefficient (Wildman–Crippen LogP) is 9.15. The Morgan fingerprint density at radius 2 is 1.62 bits per heavy atom. The molecule has 0 saturated heterocycles. The Kier molecular flexibility index (Phi) is 21.1.